The van der Waals surface area contributed by atoms with Crippen LogP contribution in [0.4, 0.5) is 29.3 Å². The smallest absolute Gasteiger partial charge is 0.404 e. The number of nitrogens with one attached hydrogen (secondary N) is 4. The summed E-state index contributed by atoms with van der Waals surface area (Å²) in [6, 6.07) is 9.70. The van der Waals surface area contributed by atoms with Gasteiger partial charge in [0.25, 0.3) is 5.56 Å². The fourth-order valence-electron chi connectivity index (χ4n) is 8.97. The Morgan fingerprint density at radius 1 is 1.09 bits per heavy atom. The third kappa shape index (κ3) is 6.66. The minimum absolute atomic E-state index is 0.0346. The Hall–Kier alpha value is -4.41. The topological polar surface area (TPSA) is 156 Å². The minimum Gasteiger partial charge on any atom is -0.404 e. The maximum Gasteiger partial charge on any atom is 0.481 e. The monoisotopic (exact) mass is 750 g/mol. The highest BCUT2D eigenvalue weighted by molar-refractivity contribution is 6.47. The Bertz CT molecular complexity index is 2010. The van der Waals surface area contributed by atoms with Gasteiger partial charge in [0.15, 0.2) is 0 Å². The first-order valence-corrected chi connectivity index (χ1v) is 18.4. The third-order valence-electron chi connectivity index (χ3n) is 12.2. The minimum atomic E-state index is -4.53. The van der Waals surface area contributed by atoms with Crippen molar-refractivity contribution in [3.05, 3.63) is 87.6 Å². The van der Waals surface area contributed by atoms with Crippen molar-refractivity contribution in [1.82, 2.24) is 20.2 Å². The average molecular weight is 751 g/mol. The number of anilines is 2. The second-order valence-corrected chi connectivity index (χ2v) is 16.1. The van der Waals surface area contributed by atoms with E-state index in [4.69, 9.17) is 9.31 Å². The number of para-hydroxylation sites is 1. The molecule has 1 saturated heterocycles. The lowest BCUT2D eigenvalue weighted by molar-refractivity contribution is -0.185. The van der Waals surface area contributed by atoms with Crippen LogP contribution in [0, 0.1) is 17.3 Å². The Morgan fingerprint density at radius 2 is 1.85 bits per heavy atom. The maximum atomic E-state index is 14.3. The molecule has 2 unspecified atom stereocenters. The number of aromatic nitrogens is 2. The lowest BCUT2D eigenvalue weighted by atomic mass is 9.45. The molecule has 12 nitrogen and oxygen atoms in total. The number of aliphatic hydroxyl groups excluding tert-OH is 1. The van der Waals surface area contributed by atoms with Crippen LogP contribution < -0.4 is 26.8 Å². The first-order valence-electron chi connectivity index (χ1n) is 18.4. The number of halogens is 3. The lowest BCUT2D eigenvalue weighted by Crippen LogP contribution is -2.63. The van der Waals surface area contributed by atoms with Gasteiger partial charge in [0.1, 0.15) is 17.6 Å². The number of hydrogen-bond acceptors (Lipinski definition) is 8. The average Bonchev–Trinajstić information content (AvgIpc) is 3.64. The van der Waals surface area contributed by atoms with Crippen LogP contribution in [-0.2, 0) is 39.0 Å². The Kier molecular flexibility index (Phi) is 9.62. The van der Waals surface area contributed by atoms with E-state index in [-0.39, 0.29) is 48.2 Å². The molecule has 3 amide bonds. The number of rotatable bonds is 10. The molecular weight excluding hydrogens is 704 g/mol. The number of hydrogen-bond donors (Lipinski definition) is 5. The molecule has 5 aliphatic rings. The molecular formula is C38H46BF3N6O6. The lowest BCUT2D eigenvalue weighted by Gasteiger charge is -2.63. The molecule has 288 valence electrons. The molecule has 3 aromatic rings. The summed E-state index contributed by atoms with van der Waals surface area (Å²) in [4.78, 5) is 46.5. The van der Waals surface area contributed by atoms with Crippen LogP contribution in [-0.4, -0.2) is 51.4 Å². The highest BCUT2D eigenvalue weighted by atomic mass is 19.4. The van der Waals surface area contributed by atoms with Gasteiger partial charge >= 0.3 is 19.3 Å². The summed E-state index contributed by atoms with van der Waals surface area (Å²) in [5, 5.41) is 21.4. The number of alkyl halides is 3. The number of benzene rings is 2. The predicted molar refractivity (Wildman–Crippen MR) is 195 cm³/mol. The number of fused-ring (bicyclic) bond motifs is 1. The van der Waals surface area contributed by atoms with Crippen LogP contribution in [0.15, 0.2) is 59.5 Å². The quantitative estimate of drug-likeness (QED) is 0.170. The zero-order valence-corrected chi connectivity index (χ0v) is 30.9. The van der Waals surface area contributed by atoms with Gasteiger partial charge in [-0.2, -0.15) is 13.2 Å². The molecule has 8 rings (SSSR count). The van der Waals surface area contributed by atoms with Crippen molar-refractivity contribution in [2.75, 3.05) is 10.6 Å². The highest BCUT2D eigenvalue weighted by Crippen LogP contribution is 2.64. The molecule has 3 heterocycles. The van der Waals surface area contributed by atoms with Crippen molar-refractivity contribution < 1.29 is 37.2 Å². The van der Waals surface area contributed by atoms with Crippen molar-refractivity contribution in [3.63, 3.8) is 0 Å². The fraction of sp³-hybridized carbons (Fsp3) is 0.526. The summed E-state index contributed by atoms with van der Waals surface area (Å²) in [6.07, 6.45) is -1.02. The van der Waals surface area contributed by atoms with Gasteiger partial charge in [-0.15, -0.1) is 0 Å². The van der Waals surface area contributed by atoms with Gasteiger partial charge in [-0.1, -0.05) is 51.1 Å². The predicted octanol–water partition coefficient (Wildman–Crippen LogP) is 5.51. The number of amides is 3. The standard InChI is InChI=1S/C38H46BF3N6O6/c1-6-29(39-53-30-25-15-24(35(25,2)3)16-37(30,5)54-39)46-31(50)28-17-36(4,47-34(52)45-26-13-8-7-11-22(26)20-49)33-44-19-27(32(51)48(28)33)43-18-21-10-9-12-23(14-21)38(40,41)42/h7-14,19,24-25,28-30,43,49H,6,15-18,20H2,1-5H3,(H,46,50)(H2,45,47,52)/t24?,25?,28-,29-,30+,36+,37-/m0/s1. The molecule has 0 spiro atoms. The maximum absolute atomic E-state index is 14.3. The molecule has 16 heteroatoms. The summed E-state index contributed by atoms with van der Waals surface area (Å²) >= 11 is 0. The third-order valence-corrected chi connectivity index (χ3v) is 12.2. The van der Waals surface area contributed by atoms with Gasteiger partial charge in [0.2, 0.25) is 5.91 Å². The molecule has 4 fully saturated rings. The molecule has 3 saturated carbocycles. The molecule has 2 aliphatic heterocycles. The summed E-state index contributed by atoms with van der Waals surface area (Å²) in [6.45, 7) is 9.76. The van der Waals surface area contributed by atoms with E-state index in [1.807, 2.05) is 6.92 Å². The summed E-state index contributed by atoms with van der Waals surface area (Å²) in [7, 11) is -0.706. The molecule has 2 aromatic carbocycles. The Balaban J connectivity index is 1.15. The van der Waals surface area contributed by atoms with E-state index in [9.17, 15) is 32.7 Å². The van der Waals surface area contributed by atoms with Gasteiger partial charge in [-0.3, -0.25) is 14.2 Å². The van der Waals surface area contributed by atoms with Gasteiger partial charge < -0.3 is 35.7 Å². The van der Waals surface area contributed by atoms with Crippen molar-refractivity contribution in [3.8, 4) is 0 Å². The fourth-order valence-corrected chi connectivity index (χ4v) is 8.97. The van der Waals surface area contributed by atoms with Crippen LogP contribution in [0.2, 0.25) is 0 Å². The van der Waals surface area contributed by atoms with Crippen LogP contribution >= 0.6 is 0 Å². The number of aliphatic hydroxyl groups is 1. The van der Waals surface area contributed by atoms with Gasteiger partial charge in [-0.05, 0) is 74.1 Å². The summed E-state index contributed by atoms with van der Waals surface area (Å²) in [5.41, 5.74) is -1.99. The van der Waals surface area contributed by atoms with E-state index in [0.717, 1.165) is 25.0 Å². The molecule has 1 aromatic heterocycles. The van der Waals surface area contributed by atoms with E-state index in [1.165, 1.54) is 22.9 Å². The van der Waals surface area contributed by atoms with Gasteiger partial charge in [0, 0.05) is 24.2 Å². The van der Waals surface area contributed by atoms with E-state index >= 15 is 0 Å². The van der Waals surface area contributed by atoms with E-state index < -0.39 is 59.5 Å². The Labute approximate surface area is 311 Å². The molecule has 0 radical (unpaired) electrons. The number of urea groups is 1. The SMILES string of the molecule is CC[C@H](NC(=O)[C@@H]1C[C@@](C)(NC(=O)Nc2ccccc2CO)c2ncc(NCc3cccc(C(F)(F)F)c3)c(=O)n21)B1O[C@@H]2C3CC(C[C@]2(C)O1)C3(C)C. The number of carbonyl (C=O) groups excluding carboxylic acids is 2. The van der Waals surface area contributed by atoms with Crippen molar-refractivity contribution in [2.45, 2.75) is 109 Å². The first-order chi connectivity index (χ1) is 25.5. The molecule has 2 bridgehead atoms. The van der Waals surface area contributed by atoms with Crippen LogP contribution in [0.1, 0.15) is 88.9 Å². The first kappa shape index (κ1) is 37.9. The van der Waals surface area contributed by atoms with Crippen LogP contribution in [0.3, 0.4) is 0 Å². The molecule has 3 aliphatic carbocycles. The molecule has 5 N–H and O–H groups in total. The second kappa shape index (κ2) is 13.7. The highest BCUT2D eigenvalue weighted by Gasteiger charge is 2.67. The molecule has 7 atom stereocenters. The molecule has 54 heavy (non-hydrogen) atoms. The van der Waals surface area contributed by atoms with Gasteiger partial charge in [0.05, 0.1) is 41.6 Å². The zero-order chi connectivity index (χ0) is 38.8. The largest absolute Gasteiger partial charge is 0.481 e. The number of carbonyl (C=O) groups is 2. The van der Waals surface area contributed by atoms with Crippen LogP contribution in [0.25, 0.3) is 0 Å². The van der Waals surface area contributed by atoms with Gasteiger partial charge in [-0.25, -0.2) is 9.78 Å². The van der Waals surface area contributed by atoms with Crippen molar-refractivity contribution in [1.29, 1.82) is 0 Å². The van der Waals surface area contributed by atoms with E-state index in [2.05, 4.69) is 47.0 Å². The van der Waals surface area contributed by atoms with Crippen molar-refractivity contribution in [2.24, 2.45) is 17.3 Å². The van der Waals surface area contributed by atoms with E-state index in [1.54, 1.807) is 31.2 Å². The second-order valence-electron chi connectivity index (χ2n) is 16.1. The van der Waals surface area contributed by atoms with Crippen molar-refractivity contribution >= 4 is 30.4 Å². The number of nitrogens with zero attached hydrogens (tertiary/aromatic N) is 2. The summed E-state index contributed by atoms with van der Waals surface area (Å²) < 4.78 is 54.5. The summed E-state index contributed by atoms with van der Waals surface area (Å²) in [5.74, 6) is -0.0612. The zero-order valence-electron chi connectivity index (χ0n) is 30.9. The van der Waals surface area contributed by atoms with E-state index in [0.29, 0.717) is 29.5 Å². The van der Waals surface area contributed by atoms with Crippen LogP contribution in [0.5, 0.6) is 0 Å². The normalized spacial score (nSPS) is 28.4. The Morgan fingerprint density at radius 3 is 2.56 bits per heavy atom.